The summed E-state index contributed by atoms with van der Waals surface area (Å²) in [5.41, 5.74) is 0. The molecule has 0 N–H and O–H groups in total. The van der Waals surface area contributed by atoms with E-state index >= 15 is 0 Å². The lowest BCUT2D eigenvalue weighted by molar-refractivity contribution is -0.127. The van der Waals surface area contributed by atoms with Gasteiger partial charge in [-0.25, -0.2) is 0 Å². The molecule has 3 nitrogen and oxygen atoms in total. The first-order valence-corrected chi connectivity index (χ1v) is 4.44. The first-order chi connectivity index (χ1) is 5.84. The fourth-order valence-corrected chi connectivity index (χ4v) is 1.40. The maximum Gasteiger partial charge on any atom is 0.140 e. The quantitative estimate of drug-likeness (QED) is 0.635. The zero-order chi connectivity index (χ0) is 8.81. The molecule has 1 aliphatic heterocycles. The van der Waals surface area contributed by atoms with Gasteiger partial charge in [-0.3, -0.25) is 4.79 Å². The first kappa shape index (κ1) is 9.68. The Morgan fingerprint density at radius 3 is 3.08 bits per heavy atom. The molecule has 0 aliphatic carbocycles. The normalized spacial score (nSPS) is 23.9. The molecule has 0 bridgehead atoms. The second-order valence-electron chi connectivity index (χ2n) is 3.12. The lowest BCUT2D eigenvalue weighted by atomic mass is 9.96. The Kier molecular flexibility index (Phi) is 4.25. The van der Waals surface area contributed by atoms with E-state index in [0.29, 0.717) is 19.6 Å². The Bertz CT molecular complexity index is 139. The maximum absolute atomic E-state index is 11.4. The summed E-state index contributed by atoms with van der Waals surface area (Å²) in [4.78, 5) is 11.4. The average molecular weight is 172 g/mol. The molecule has 1 saturated heterocycles. The predicted molar refractivity (Wildman–Crippen MR) is 45.0 cm³/mol. The number of hydrogen-bond acceptors (Lipinski definition) is 3. The van der Waals surface area contributed by atoms with Gasteiger partial charge < -0.3 is 9.47 Å². The highest BCUT2D eigenvalue weighted by Crippen LogP contribution is 2.15. The second-order valence-corrected chi connectivity index (χ2v) is 3.12. The number of rotatable bonds is 4. The van der Waals surface area contributed by atoms with Gasteiger partial charge in [0.1, 0.15) is 5.78 Å². The van der Waals surface area contributed by atoms with Crippen molar-refractivity contribution in [2.45, 2.75) is 19.3 Å². The molecule has 1 rings (SSSR count). The largest absolute Gasteiger partial charge is 0.384 e. The van der Waals surface area contributed by atoms with Crippen LogP contribution in [0.1, 0.15) is 19.3 Å². The molecule has 0 spiro atoms. The van der Waals surface area contributed by atoms with E-state index < -0.39 is 0 Å². The molecule has 70 valence electrons. The summed E-state index contributed by atoms with van der Waals surface area (Å²) in [5.74, 6) is 0.422. The summed E-state index contributed by atoms with van der Waals surface area (Å²) in [7, 11) is 1.62. The van der Waals surface area contributed by atoms with E-state index in [1.54, 1.807) is 7.11 Å². The average Bonchev–Trinajstić information content (AvgIpc) is 2.15. The number of ether oxygens (including phenoxy) is 2. The van der Waals surface area contributed by atoms with Crippen LogP contribution in [0.25, 0.3) is 0 Å². The topological polar surface area (TPSA) is 35.5 Å². The smallest absolute Gasteiger partial charge is 0.140 e. The SMILES string of the molecule is COCCC(=O)C1CCCOC1. The van der Waals surface area contributed by atoms with Crippen LogP contribution in [0.5, 0.6) is 0 Å². The number of Topliss-reactive ketones (excluding diaryl/α,β-unsaturated/α-hetero) is 1. The van der Waals surface area contributed by atoms with Crippen LogP contribution in [-0.2, 0) is 14.3 Å². The van der Waals surface area contributed by atoms with Crippen LogP contribution < -0.4 is 0 Å². The standard InChI is InChI=1S/C9H16O3/c1-11-6-4-9(10)8-3-2-5-12-7-8/h8H,2-7H2,1H3. The van der Waals surface area contributed by atoms with E-state index in [2.05, 4.69) is 0 Å². The molecule has 12 heavy (non-hydrogen) atoms. The number of carbonyl (C=O) groups is 1. The van der Waals surface area contributed by atoms with Gasteiger partial charge in [-0.15, -0.1) is 0 Å². The molecule has 0 aromatic carbocycles. The minimum Gasteiger partial charge on any atom is -0.384 e. The van der Waals surface area contributed by atoms with Gasteiger partial charge in [-0.1, -0.05) is 0 Å². The van der Waals surface area contributed by atoms with Crippen molar-refractivity contribution in [3.63, 3.8) is 0 Å². The highest BCUT2D eigenvalue weighted by molar-refractivity contribution is 5.81. The van der Waals surface area contributed by atoms with Crippen LogP contribution >= 0.6 is 0 Å². The van der Waals surface area contributed by atoms with Gasteiger partial charge in [0.25, 0.3) is 0 Å². The molecule has 0 aromatic heterocycles. The van der Waals surface area contributed by atoms with E-state index in [1.807, 2.05) is 0 Å². The highest BCUT2D eigenvalue weighted by atomic mass is 16.5. The Hall–Kier alpha value is -0.410. The van der Waals surface area contributed by atoms with Crippen LogP contribution in [-0.4, -0.2) is 32.7 Å². The van der Waals surface area contributed by atoms with Crippen LogP contribution in [0.2, 0.25) is 0 Å². The van der Waals surface area contributed by atoms with Crippen LogP contribution in [0, 0.1) is 5.92 Å². The summed E-state index contributed by atoms with van der Waals surface area (Å²) < 4.78 is 10.1. The molecular weight excluding hydrogens is 156 g/mol. The zero-order valence-corrected chi connectivity index (χ0v) is 7.54. The number of methoxy groups -OCH3 is 1. The van der Waals surface area contributed by atoms with Gasteiger partial charge in [0.2, 0.25) is 0 Å². The van der Waals surface area contributed by atoms with E-state index in [4.69, 9.17) is 9.47 Å². The minimum atomic E-state index is 0.133. The van der Waals surface area contributed by atoms with Gasteiger partial charge in [-0.05, 0) is 12.8 Å². The van der Waals surface area contributed by atoms with Crippen molar-refractivity contribution in [1.29, 1.82) is 0 Å². The third-order valence-electron chi connectivity index (χ3n) is 2.17. The number of ketones is 1. The van der Waals surface area contributed by atoms with Crippen molar-refractivity contribution in [3.05, 3.63) is 0 Å². The summed E-state index contributed by atoms with van der Waals surface area (Å²) in [6, 6.07) is 0. The van der Waals surface area contributed by atoms with Gasteiger partial charge in [0, 0.05) is 26.1 Å². The molecule has 1 unspecified atom stereocenters. The van der Waals surface area contributed by atoms with Gasteiger partial charge in [0.15, 0.2) is 0 Å². The second kappa shape index (κ2) is 5.27. The molecule has 0 radical (unpaired) electrons. The molecule has 1 fully saturated rings. The monoisotopic (exact) mass is 172 g/mol. The molecule has 1 atom stereocenters. The fraction of sp³-hybridized carbons (Fsp3) is 0.889. The molecule has 0 saturated carbocycles. The van der Waals surface area contributed by atoms with E-state index in [9.17, 15) is 4.79 Å². The Balaban J connectivity index is 2.20. The molecular formula is C9H16O3. The van der Waals surface area contributed by atoms with Crippen LogP contribution in [0.4, 0.5) is 0 Å². The lowest BCUT2D eigenvalue weighted by Gasteiger charge is -2.20. The summed E-state index contributed by atoms with van der Waals surface area (Å²) in [5, 5.41) is 0. The van der Waals surface area contributed by atoms with Gasteiger partial charge in [-0.2, -0.15) is 0 Å². The minimum absolute atomic E-state index is 0.133. The van der Waals surface area contributed by atoms with Crippen molar-refractivity contribution in [2.75, 3.05) is 26.9 Å². The Morgan fingerprint density at radius 1 is 1.67 bits per heavy atom. The Labute approximate surface area is 73.0 Å². The third kappa shape index (κ3) is 2.91. The third-order valence-corrected chi connectivity index (χ3v) is 2.17. The lowest BCUT2D eigenvalue weighted by Crippen LogP contribution is -2.25. The van der Waals surface area contributed by atoms with E-state index in [1.165, 1.54) is 0 Å². The van der Waals surface area contributed by atoms with Crippen molar-refractivity contribution < 1.29 is 14.3 Å². The van der Waals surface area contributed by atoms with Gasteiger partial charge in [0.05, 0.1) is 13.2 Å². The molecule has 1 heterocycles. The van der Waals surface area contributed by atoms with E-state index in [-0.39, 0.29) is 11.7 Å². The van der Waals surface area contributed by atoms with Crippen molar-refractivity contribution in [1.82, 2.24) is 0 Å². The maximum atomic E-state index is 11.4. The fourth-order valence-electron chi connectivity index (χ4n) is 1.40. The van der Waals surface area contributed by atoms with Gasteiger partial charge >= 0.3 is 0 Å². The van der Waals surface area contributed by atoms with Crippen LogP contribution in [0.15, 0.2) is 0 Å². The number of carbonyl (C=O) groups excluding carboxylic acids is 1. The molecule has 0 amide bonds. The van der Waals surface area contributed by atoms with Crippen molar-refractivity contribution in [3.8, 4) is 0 Å². The van der Waals surface area contributed by atoms with Crippen LogP contribution in [0.3, 0.4) is 0 Å². The predicted octanol–water partition coefficient (Wildman–Crippen LogP) is 1.02. The zero-order valence-electron chi connectivity index (χ0n) is 7.54. The summed E-state index contributed by atoms with van der Waals surface area (Å²) in [6.45, 7) is 1.96. The number of hydrogen-bond donors (Lipinski definition) is 0. The molecule has 3 heteroatoms. The van der Waals surface area contributed by atoms with Crippen molar-refractivity contribution in [2.24, 2.45) is 5.92 Å². The van der Waals surface area contributed by atoms with Crippen molar-refractivity contribution >= 4 is 5.78 Å². The summed E-state index contributed by atoms with van der Waals surface area (Å²) in [6.07, 6.45) is 2.54. The Morgan fingerprint density at radius 2 is 2.50 bits per heavy atom. The van der Waals surface area contributed by atoms with E-state index in [0.717, 1.165) is 19.4 Å². The molecule has 0 aromatic rings. The first-order valence-electron chi connectivity index (χ1n) is 4.44. The highest BCUT2D eigenvalue weighted by Gasteiger charge is 2.20. The molecule has 1 aliphatic rings. The summed E-state index contributed by atoms with van der Waals surface area (Å²) >= 11 is 0.